The van der Waals surface area contributed by atoms with Gasteiger partial charge in [-0.15, -0.1) is 0 Å². The predicted molar refractivity (Wildman–Crippen MR) is 174 cm³/mol. The molecule has 0 bridgehead atoms. The van der Waals surface area contributed by atoms with Crippen LogP contribution in [0.3, 0.4) is 0 Å². The van der Waals surface area contributed by atoms with E-state index in [-0.39, 0.29) is 23.5 Å². The highest BCUT2D eigenvalue weighted by Gasteiger charge is 2.28. The summed E-state index contributed by atoms with van der Waals surface area (Å²) in [6.07, 6.45) is 1.53. The number of hydrogen-bond donors (Lipinski definition) is 2. The zero-order chi connectivity index (χ0) is 29.9. The molecule has 0 amide bonds. The van der Waals surface area contributed by atoms with Gasteiger partial charge in [-0.2, -0.15) is 0 Å². The molecule has 2 fully saturated rings. The van der Waals surface area contributed by atoms with Gasteiger partial charge in [0.15, 0.2) is 0 Å². The van der Waals surface area contributed by atoms with Crippen molar-refractivity contribution in [3.05, 3.63) is 111 Å². The highest BCUT2D eigenvalue weighted by Crippen LogP contribution is 2.33. The van der Waals surface area contributed by atoms with Crippen LogP contribution in [0, 0.1) is 5.92 Å². The number of aromatic nitrogens is 2. The summed E-state index contributed by atoms with van der Waals surface area (Å²) in [4.78, 5) is 17.3. The van der Waals surface area contributed by atoms with Crippen LogP contribution in [0.1, 0.15) is 42.8 Å². The number of para-hydroxylation sites is 1. The molecule has 2 aliphatic heterocycles. The largest absolute Gasteiger partial charge is 0.509 e. The summed E-state index contributed by atoms with van der Waals surface area (Å²) in [7, 11) is 0. The summed E-state index contributed by atoms with van der Waals surface area (Å²) >= 11 is 12.4. The Morgan fingerprint density at radius 2 is 1.37 bits per heavy atom. The first-order valence-electron chi connectivity index (χ1n) is 14.9. The molecule has 3 aromatic carbocycles. The van der Waals surface area contributed by atoms with E-state index in [9.17, 15) is 10.2 Å². The van der Waals surface area contributed by atoms with Gasteiger partial charge >= 0.3 is 0 Å². The second kappa shape index (κ2) is 13.1. The molecule has 2 saturated heterocycles. The quantitative estimate of drug-likeness (QED) is 0.209. The third-order valence-electron chi connectivity index (χ3n) is 8.69. The third-order valence-corrected chi connectivity index (χ3v) is 9.19. The minimum atomic E-state index is -0.0188. The maximum atomic E-state index is 10.3. The zero-order valence-corrected chi connectivity index (χ0v) is 25.8. The van der Waals surface area contributed by atoms with Gasteiger partial charge in [-0.3, -0.25) is 9.80 Å². The normalized spacial score (nSPS) is 17.9. The average Bonchev–Trinajstić information content (AvgIpc) is 3.03. The number of rotatable bonds is 7. The molecule has 6 rings (SSSR count). The molecular weight excluding hydrogens is 581 g/mol. The number of fused-ring (bicyclic) bond motifs is 1. The summed E-state index contributed by atoms with van der Waals surface area (Å²) in [6.45, 7) is 7.37. The van der Waals surface area contributed by atoms with Crippen molar-refractivity contribution in [2.24, 2.45) is 5.92 Å². The molecule has 1 aromatic heterocycles. The summed E-state index contributed by atoms with van der Waals surface area (Å²) in [5.74, 6) is 1.88. The summed E-state index contributed by atoms with van der Waals surface area (Å²) in [5.41, 5.74) is 3.37. The molecule has 0 spiro atoms. The molecule has 9 heteroatoms. The topological polar surface area (TPSA) is 76.0 Å². The van der Waals surface area contributed by atoms with Gasteiger partial charge in [0.05, 0.1) is 18.1 Å². The van der Waals surface area contributed by atoms with Crippen LogP contribution in [-0.2, 0) is 6.54 Å². The monoisotopic (exact) mass is 617 g/mol. The molecule has 224 valence electrons. The fourth-order valence-corrected chi connectivity index (χ4v) is 6.61. The molecular formula is C34H37Cl2N5O2. The molecule has 2 N–H and O–H groups in total. The molecule has 43 heavy (non-hydrogen) atoms. The van der Waals surface area contributed by atoms with E-state index in [1.54, 1.807) is 6.92 Å². The van der Waals surface area contributed by atoms with Gasteiger partial charge in [0.2, 0.25) is 0 Å². The lowest BCUT2D eigenvalue weighted by Gasteiger charge is -2.39. The number of hydrogen-bond acceptors (Lipinski definition) is 7. The first kappa shape index (κ1) is 29.7. The third kappa shape index (κ3) is 6.75. The molecule has 0 aliphatic carbocycles. The SMILES string of the molecule is C/C(O)=C(\O)C1CCN(c2nc(CN3CCN(C(c4ccc(Cl)cc4)c4ccc(Cl)cc4)CC3)nc3ccccc23)CC1. The van der Waals surface area contributed by atoms with Crippen LogP contribution < -0.4 is 4.90 Å². The molecule has 3 heterocycles. The number of piperidine rings is 1. The Kier molecular flexibility index (Phi) is 9.05. The summed E-state index contributed by atoms with van der Waals surface area (Å²) in [5, 5.41) is 22.5. The molecule has 0 unspecified atom stereocenters. The molecule has 2 aliphatic rings. The number of allylic oxidation sites excluding steroid dienone is 2. The zero-order valence-electron chi connectivity index (χ0n) is 24.3. The first-order chi connectivity index (χ1) is 20.9. The van der Waals surface area contributed by atoms with Gasteiger partial charge in [0.1, 0.15) is 23.2 Å². The van der Waals surface area contributed by atoms with Gasteiger partial charge < -0.3 is 15.1 Å². The van der Waals surface area contributed by atoms with Crippen LogP contribution in [0.25, 0.3) is 10.9 Å². The van der Waals surface area contributed by atoms with E-state index in [4.69, 9.17) is 33.2 Å². The predicted octanol–water partition coefficient (Wildman–Crippen LogP) is 7.41. The minimum Gasteiger partial charge on any atom is -0.509 e. The Morgan fingerprint density at radius 1 is 0.791 bits per heavy atom. The van der Waals surface area contributed by atoms with E-state index in [2.05, 4.69) is 51.1 Å². The van der Waals surface area contributed by atoms with Crippen molar-refractivity contribution in [1.82, 2.24) is 19.8 Å². The van der Waals surface area contributed by atoms with Crippen molar-refractivity contribution in [2.75, 3.05) is 44.2 Å². The Bertz CT molecular complexity index is 1530. The van der Waals surface area contributed by atoms with Crippen LogP contribution in [0.5, 0.6) is 0 Å². The van der Waals surface area contributed by atoms with Gasteiger partial charge in [0.25, 0.3) is 0 Å². The van der Waals surface area contributed by atoms with Crippen molar-refractivity contribution in [3.8, 4) is 0 Å². The molecule has 0 radical (unpaired) electrons. The first-order valence-corrected chi connectivity index (χ1v) is 15.7. The number of halogens is 2. The van der Waals surface area contributed by atoms with E-state index >= 15 is 0 Å². The fraction of sp³-hybridized carbons (Fsp3) is 0.353. The number of aliphatic hydroxyl groups excluding tert-OH is 2. The number of anilines is 1. The van der Waals surface area contributed by atoms with Crippen molar-refractivity contribution in [1.29, 1.82) is 0 Å². The van der Waals surface area contributed by atoms with Gasteiger partial charge in [-0.05, 0) is 67.3 Å². The van der Waals surface area contributed by atoms with Crippen molar-refractivity contribution < 1.29 is 10.2 Å². The van der Waals surface area contributed by atoms with Crippen LogP contribution >= 0.6 is 23.2 Å². The maximum Gasteiger partial charge on any atom is 0.145 e. The van der Waals surface area contributed by atoms with Crippen molar-refractivity contribution >= 4 is 39.9 Å². The van der Waals surface area contributed by atoms with E-state index in [0.29, 0.717) is 6.54 Å². The smallest absolute Gasteiger partial charge is 0.145 e. The number of nitrogens with zero attached hydrogens (tertiary/aromatic N) is 5. The van der Waals surface area contributed by atoms with Crippen LogP contribution in [0.2, 0.25) is 10.0 Å². The van der Waals surface area contributed by atoms with Gasteiger partial charge in [-0.25, -0.2) is 9.97 Å². The number of piperazine rings is 1. The van der Waals surface area contributed by atoms with Crippen LogP contribution in [0.4, 0.5) is 5.82 Å². The molecule has 4 aromatic rings. The van der Waals surface area contributed by atoms with Crippen LogP contribution in [0.15, 0.2) is 84.3 Å². The van der Waals surface area contributed by atoms with Crippen molar-refractivity contribution in [2.45, 2.75) is 32.4 Å². The van der Waals surface area contributed by atoms with E-state index in [1.807, 2.05) is 36.4 Å². The Labute approximate surface area is 263 Å². The van der Waals surface area contributed by atoms with E-state index in [1.165, 1.54) is 11.1 Å². The minimum absolute atomic E-state index is 0.0148. The Morgan fingerprint density at radius 3 is 1.95 bits per heavy atom. The van der Waals surface area contributed by atoms with Crippen molar-refractivity contribution in [3.63, 3.8) is 0 Å². The highest BCUT2D eigenvalue weighted by molar-refractivity contribution is 6.30. The lowest BCUT2D eigenvalue weighted by Crippen LogP contribution is -2.47. The summed E-state index contributed by atoms with van der Waals surface area (Å²) in [6, 6.07) is 24.6. The van der Waals surface area contributed by atoms with E-state index < -0.39 is 0 Å². The molecule has 7 nitrogen and oxygen atoms in total. The van der Waals surface area contributed by atoms with Crippen LogP contribution in [-0.4, -0.2) is 69.2 Å². The highest BCUT2D eigenvalue weighted by atomic mass is 35.5. The Balaban J connectivity index is 1.18. The lowest BCUT2D eigenvalue weighted by atomic mass is 9.94. The molecule has 0 atom stereocenters. The average molecular weight is 619 g/mol. The number of benzene rings is 3. The van der Waals surface area contributed by atoms with Gasteiger partial charge in [-0.1, -0.05) is 59.6 Å². The Hall–Kier alpha value is -3.36. The maximum absolute atomic E-state index is 10.3. The second-order valence-corrected chi connectivity index (χ2v) is 12.4. The summed E-state index contributed by atoms with van der Waals surface area (Å²) < 4.78 is 0. The standard InChI is InChI=1S/C34H37Cl2N5O2/c1-23(42)33(43)26-14-16-41(17-15-26)34-29-4-2-3-5-30(29)37-31(38-34)22-39-18-20-40(21-19-39)32(24-6-10-27(35)11-7-24)25-8-12-28(36)13-9-25/h2-13,26,32,42-43H,14-22H2,1H3/b33-23+. The molecule has 0 saturated carbocycles. The second-order valence-electron chi connectivity index (χ2n) is 11.5. The fourth-order valence-electron chi connectivity index (χ4n) is 6.36. The lowest BCUT2D eigenvalue weighted by molar-refractivity contribution is 0.103. The number of aliphatic hydroxyl groups is 2. The van der Waals surface area contributed by atoms with Gasteiger partial charge in [0, 0.05) is 60.6 Å². The van der Waals surface area contributed by atoms with E-state index in [0.717, 1.165) is 84.7 Å².